The summed E-state index contributed by atoms with van der Waals surface area (Å²) in [6.07, 6.45) is 0.920. The molecule has 2 aromatic rings. The van der Waals surface area contributed by atoms with Gasteiger partial charge in [-0.3, -0.25) is 14.4 Å². The van der Waals surface area contributed by atoms with Gasteiger partial charge >= 0.3 is 0 Å². The quantitative estimate of drug-likeness (QED) is 0.227. The Morgan fingerprint density at radius 2 is 1.95 bits per heavy atom. The summed E-state index contributed by atoms with van der Waals surface area (Å²) in [5.74, 6) is -0.316. The normalized spacial score (nSPS) is 17.9. The third-order valence-corrected chi connectivity index (χ3v) is 9.43. The molecule has 0 bridgehead atoms. The van der Waals surface area contributed by atoms with E-state index in [9.17, 15) is 19.5 Å². The molecule has 1 aliphatic heterocycles. The third kappa shape index (κ3) is 9.50. The molecule has 3 rings (SSSR count). The van der Waals surface area contributed by atoms with E-state index in [1.54, 1.807) is 23.1 Å². The van der Waals surface area contributed by atoms with Crippen LogP contribution in [0.15, 0.2) is 29.8 Å². The molecule has 2 heterocycles. The smallest absolute Gasteiger partial charge is 0.247 e. The van der Waals surface area contributed by atoms with Gasteiger partial charge in [0.2, 0.25) is 17.7 Å². The SMILES string of the molecule is CC(=O)N[C@H](C(=O)N1C[C@H](O)C[C@H]1C(=O)NCc1ccc(-c2scnc2C)cc1)C(C)(C)SCCCOCCCN. The van der Waals surface area contributed by atoms with Crippen LogP contribution in [0.1, 0.15) is 51.3 Å². The molecular weight excluding hydrogens is 562 g/mol. The minimum atomic E-state index is -0.869. The molecule has 41 heavy (non-hydrogen) atoms. The summed E-state index contributed by atoms with van der Waals surface area (Å²) >= 11 is 3.15. The number of carbonyl (C=O) groups is 3. The Hall–Kier alpha value is -2.51. The van der Waals surface area contributed by atoms with E-state index < -0.39 is 22.9 Å². The van der Waals surface area contributed by atoms with Crippen LogP contribution in [-0.4, -0.2) is 87.7 Å². The number of benzene rings is 1. The predicted octanol–water partition coefficient (Wildman–Crippen LogP) is 2.47. The third-order valence-electron chi connectivity index (χ3n) is 6.98. The summed E-state index contributed by atoms with van der Waals surface area (Å²) < 4.78 is 4.90. The van der Waals surface area contributed by atoms with Gasteiger partial charge in [0.15, 0.2) is 0 Å². The fraction of sp³-hybridized carbons (Fsp3) is 0.586. The Bertz CT molecular complexity index is 1160. The van der Waals surface area contributed by atoms with E-state index in [1.165, 1.54) is 11.8 Å². The highest BCUT2D eigenvalue weighted by atomic mass is 32.2. The number of nitrogens with one attached hydrogen (secondary N) is 2. The van der Waals surface area contributed by atoms with Gasteiger partial charge in [-0.1, -0.05) is 24.3 Å². The van der Waals surface area contributed by atoms with Crippen molar-refractivity contribution in [3.05, 3.63) is 41.0 Å². The number of nitrogens with two attached hydrogens (primary N) is 1. The summed E-state index contributed by atoms with van der Waals surface area (Å²) in [5.41, 5.74) is 10.3. The number of rotatable bonds is 15. The zero-order valence-electron chi connectivity index (χ0n) is 24.4. The van der Waals surface area contributed by atoms with E-state index in [0.717, 1.165) is 40.3 Å². The average molecular weight is 606 g/mol. The number of aromatic nitrogens is 1. The van der Waals surface area contributed by atoms with Crippen LogP contribution in [0.2, 0.25) is 0 Å². The van der Waals surface area contributed by atoms with Crippen molar-refractivity contribution in [2.75, 3.05) is 32.1 Å². The highest BCUT2D eigenvalue weighted by molar-refractivity contribution is 8.00. The minimum absolute atomic E-state index is 0.0334. The second kappa shape index (κ2) is 15.6. The van der Waals surface area contributed by atoms with Crippen molar-refractivity contribution in [2.45, 2.75) is 76.4 Å². The average Bonchev–Trinajstić information content (AvgIpc) is 3.55. The molecule has 226 valence electrons. The van der Waals surface area contributed by atoms with Gasteiger partial charge in [0, 0.05) is 44.4 Å². The molecule has 10 nitrogen and oxygen atoms in total. The number of aliphatic hydroxyl groups excluding tert-OH is 1. The number of hydrogen-bond donors (Lipinski definition) is 4. The maximum absolute atomic E-state index is 13.8. The van der Waals surface area contributed by atoms with Crippen molar-refractivity contribution in [3.63, 3.8) is 0 Å². The summed E-state index contributed by atoms with van der Waals surface area (Å²) in [7, 11) is 0. The van der Waals surface area contributed by atoms with Crippen LogP contribution in [0.3, 0.4) is 0 Å². The molecule has 0 spiro atoms. The molecule has 1 aliphatic rings. The monoisotopic (exact) mass is 605 g/mol. The Morgan fingerprint density at radius 3 is 2.59 bits per heavy atom. The largest absolute Gasteiger partial charge is 0.391 e. The number of carbonyl (C=O) groups excluding carboxylic acids is 3. The number of thiazole rings is 1. The van der Waals surface area contributed by atoms with Crippen LogP contribution in [0.4, 0.5) is 0 Å². The molecule has 0 saturated carbocycles. The molecule has 12 heteroatoms. The number of aliphatic hydroxyl groups is 1. The topological polar surface area (TPSA) is 147 Å². The van der Waals surface area contributed by atoms with Crippen LogP contribution >= 0.6 is 23.1 Å². The lowest BCUT2D eigenvalue weighted by Gasteiger charge is -2.37. The Balaban J connectivity index is 1.62. The first-order valence-corrected chi connectivity index (χ1v) is 15.8. The van der Waals surface area contributed by atoms with Gasteiger partial charge in [-0.2, -0.15) is 11.8 Å². The van der Waals surface area contributed by atoms with E-state index in [1.807, 2.05) is 50.5 Å². The number of amides is 3. The molecule has 0 unspecified atom stereocenters. The lowest BCUT2D eigenvalue weighted by atomic mass is 10.0. The summed E-state index contributed by atoms with van der Waals surface area (Å²) in [5, 5.41) is 16.2. The standard InChI is InChI=1S/C29H43N5O5S2/c1-19-25(40-18-32-19)22-9-7-21(8-10-22)16-31-27(37)24-15-23(36)17-34(24)28(38)26(33-20(2)35)29(3,4)41-14-6-13-39-12-5-11-30/h7-10,18,23-24,26,36H,5-6,11-17,30H2,1-4H3,(H,31,37)(H,33,35)/t23-,24+,26-/m1/s1. The molecule has 3 amide bonds. The van der Waals surface area contributed by atoms with Crippen LogP contribution in [-0.2, 0) is 25.7 Å². The number of β-amino-alcohol motifs (C(OH)–C–C–N with tert-alkyl or cyclic N) is 1. The Labute approximate surface area is 250 Å². The van der Waals surface area contributed by atoms with E-state index in [2.05, 4.69) is 15.6 Å². The number of nitrogens with zero attached hydrogens (tertiary/aromatic N) is 2. The first kappa shape index (κ1) is 33.0. The second-order valence-electron chi connectivity index (χ2n) is 10.8. The lowest BCUT2D eigenvalue weighted by Crippen LogP contribution is -2.59. The molecule has 1 saturated heterocycles. The van der Waals surface area contributed by atoms with E-state index in [0.29, 0.717) is 26.3 Å². The van der Waals surface area contributed by atoms with E-state index in [-0.39, 0.29) is 30.7 Å². The van der Waals surface area contributed by atoms with Crippen molar-refractivity contribution in [1.29, 1.82) is 0 Å². The van der Waals surface area contributed by atoms with Crippen LogP contribution in [0.5, 0.6) is 0 Å². The van der Waals surface area contributed by atoms with E-state index >= 15 is 0 Å². The number of ether oxygens (including phenoxy) is 1. The van der Waals surface area contributed by atoms with Crippen LogP contribution in [0, 0.1) is 6.92 Å². The van der Waals surface area contributed by atoms with Gasteiger partial charge in [-0.05, 0) is 57.0 Å². The number of hydrogen-bond acceptors (Lipinski definition) is 9. The van der Waals surface area contributed by atoms with Crippen molar-refractivity contribution < 1.29 is 24.2 Å². The molecule has 1 aromatic heterocycles. The number of likely N-dealkylation sites (tertiary alicyclic amines) is 1. The highest BCUT2D eigenvalue weighted by Crippen LogP contribution is 2.32. The summed E-state index contributed by atoms with van der Waals surface area (Å²) in [6.45, 7) is 9.29. The molecule has 0 aliphatic carbocycles. The highest BCUT2D eigenvalue weighted by Gasteiger charge is 2.45. The van der Waals surface area contributed by atoms with Gasteiger partial charge in [-0.15, -0.1) is 11.3 Å². The van der Waals surface area contributed by atoms with Gasteiger partial charge in [-0.25, -0.2) is 4.98 Å². The summed E-state index contributed by atoms with van der Waals surface area (Å²) in [6, 6.07) is 6.22. The zero-order valence-corrected chi connectivity index (χ0v) is 26.0. The molecule has 3 atom stereocenters. The minimum Gasteiger partial charge on any atom is -0.391 e. The van der Waals surface area contributed by atoms with Gasteiger partial charge < -0.3 is 31.1 Å². The maximum atomic E-state index is 13.8. The molecular formula is C29H43N5O5S2. The first-order valence-electron chi connectivity index (χ1n) is 14.0. The molecule has 1 aromatic carbocycles. The second-order valence-corrected chi connectivity index (χ2v) is 13.4. The summed E-state index contributed by atoms with van der Waals surface area (Å²) in [4.78, 5) is 46.0. The van der Waals surface area contributed by atoms with Crippen molar-refractivity contribution in [3.8, 4) is 10.4 Å². The van der Waals surface area contributed by atoms with Crippen molar-refractivity contribution >= 4 is 40.8 Å². The van der Waals surface area contributed by atoms with Gasteiger partial charge in [0.05, 0.1) is 22.2 Å². The molecule has 5 N–H and O–H groups in total. The fourth-order valence-electron chi connectivity index (χ4n) is 4.73. The molecule has 0 radical (unpaired) electrons. The number of thioether (sulfide) groups is 1. The van der Waals surface area contributed by atoms with Gasteiger partial charge in [0.1, 0.15) is 12.1 Å². The number of aryl methyl sites for hydroxylation is 1. The van der Waals surface area contributed by atoms with Crippen LogP contribution in [0.25, 0.3) is 10.4 Å². The lowest BCUT2D eigenvalue weighted by molar-refractivity contribution is -0.142. The van der Waals surface area contributed by atoms with E-state index in [4.69, 9.17) is 10.5 Å². The predicted molar refractivity (Wildman–Crippen MR) is 164 cm³/mol. The zero-order chi connectivity index (χ0) is 30.0. The first-order chi connectivity index (χ1) is 19.5. The molecule has 1 fully saturated rings. The fourth-order valence-corrected chi connectivity index (χ4v) is 6.66. The Morgan fingerprint density at radius 1 is 1.24 bits per heavy atom. The van der Waals surface area contributed by atoms with Crippen molar-refractivity contribution in [2.24, 2.45) is 5.73 Å². The maximum Gasteiger partial charge on any atom is 0.247 e. The van der Waals surface area contributed by atoms with Gasteiger partial charge in [0.25, 0.3) is 0 Å². The van der Waals surface area contributed by atoms with Crippen molar-refractivity contribution in [1.82, 2.24) is 20.5 Å². The van der Waals surface area contributed by atoms with Crippen LogP contribution < -0.4 is 16.4 Å². The Kier molecular flexibility index (Phi) is 12.6.